The van der Waals surface area contributed by atoms with Gasteiger partial charge in [-0.1, -0.05) is 286 Å². The molecule has 11 nitrogen and oxygen atoms in total. The molecule has 486 valence electrons. The van der Waals surface area contributed by atoms with E-state index in [0.29, 0.717) is 19.3 Å². The lowest BCUT2D eigenvalue weighted by Crippen LogP contribution is -2.30. The predicted octanol–water partition coefficient (Wildman–Crippen LogP) is 21.4. The number of aliphatic hydroxyl groups excluding tert-OH is 1. The molecule has 0 rings (SSSR count). The van der Waals surface area contributed by atoms with Crippen molar-refractivity contribution in [2.24, 2.45) is 0 Å². The highest BCUT2D eigenvalue weighted by atomic mass is 31.2. The molecule has 3 unspecified atom stereocenters. The van der Waals surface area contributed by atoms with E-state index in [1.165, 1.54) is 154 Å². The highest BCUT2D eigenvalue weighted by molar-refractivity contribution is 7.47. The van der Waals surface area contributed by atoms with Crippen LogP contribution in [0.3, 0.4) is 0 Å². The zero-order chi connectivity index (χ0) is 61.2. The molecular weight excluding hydrogens is 1070 g/mol. The minimum Gasteiger partial charge on any atom is -0.462 e. The number of carbonyl (C=O) groups excluding carboxylic acids is 3. The molecule has 0 aromatic rings. The molecule has 2 N–H and O–H groups in total. The van der Waals surface area contributed by atoms with Gasteiger partial charge in [0.2, 0.25) is 0 Å². The van der Waals surface area contributed by atoms with Crippen LogP contribution in [0.25, 0.3) is 0 Å². The average Bonchev–Trinajstić information content (AvgIpc) is 3.53. The van der Waals surface area contributed by atoms with Gasteiger partial charge in [-0.25, -0.2) is 4.57 Å². The summed E-state index contributed by atoms with van der Waals surface area (Å²) in [6, 6.07) is 0. The maximum Gasteiger partial charge on any atom is 0.472 e. The van der Waals surface area contributed by atoms with E-state index in [9.17, 15) is 28.9 Å². The van der Waals surface area contributed by atoms with Crippen LogP contribution in [0.2, 0.25) is 0 Å². The molecule has 0 saturated heterocycles. The number of hydrogen-bond acceptors (Lipinski definition) is 10. The molecule has 0 saturated carbocycles. The first-order valence-electron chi connectivity index (χ1n) is 34.5. The SMILES string of the molecule is CC/C=C\C/C=C\C/C=C\C/C=C\C/C=C\CCCCCC(=O)OC(COC(=O)CCCCCCCCCCC/C=C\C/C=C\CCCCC)COP(=O)(O)OCC(CO)OC(=O)CCCCCCCCCCCCCCCCCCCCC. The molecule has 0 fully saturated rings. The normalized spacial score (nSPS) is 13.7. The zero-order valence-electron chi connectivity index (χ0n) is 54.1. The van der Waals surface area contributed by atoms with Crippen LogP contribution < -0.4 is 0 Å². The quantitative estimate of drug-likeness (QED) is 0.0197. The maximum absolute atomic E-state index is 13.0. The monoisotopic (exact) mass is 1200 g/mol. The van der Waals surface area contributed by atoms with Gasteiger partial charge in [0.05, 0.1) is 19.8 Å². The number of esters is 3. The van der Waals surface area contributed by atoms with Crippen molar-refractivity contribution in [2.45, 2.75) is 328 Å². The average molecular weight is 1200 g/mol. The molecule has 0 aromatic heterocycles. The number of phosphoric ester groups is 1. The highest BCUT2D eigenvalue weighted by Gasteiger charge is 2.28. The van der Waals surface area contributed by atoms with E-state index in [1.54, 1.807) is 0 Å². The number of rotatable bonds is 64. The number of allylic oxidation sites excluding steroid dienone is 14. The second kappa shape index (κ2) is 65.6. The molecule has 0 heterocycles. The van der Waals surface area contributed by atoms with Crippen LogP contribution in [0.5, 0.6) is 0 Å². The van der Waals surface area contributed by atoms with Crippen molar-refractivity contribution in [3.8, 4) is 0 Å². The minimum atomic E-state index is -4.77. The lowest BCUT2D eigenvalue weighted by Gasteiger charge is -2.21. The van der Waals surface area contributed by atoms with E-state index < -0.39 is 57.8 Å². The molecule has 0 aliphatic heterocycles. The Labute approximate surface area is 515 Å². The van der Waals surface area contributed by atoms with Gasteiger partial charge in [0.25, 0.3) is 0 Å². The van der Waals surface area contributed by atoms with Crippen molar-refractivity contribution < 1.29 is 52.2 Å². The van der Waals surface area contributed by atoms with Crippen molar-refractivity contribution >= 4 is 25.7 Å². The molecule has 0 spiro atoms. The molecule has 3 atom stereocenters. The van der Waals surface area contributed by atoms with Crippen LogP contribution in [-0.4, -0.2) is 66.5 Å². The highest BCUT2D eigenvalue weighted by Crippen LogP contribution is 2.43. The summed E-state index contributed by atoms with van der Waals surface area (Å²) in [5, 5.41) is 9.88. The number of hydrogen-bond donors (Lipinski definition) is 2. The summed E-state index contributed by atoms with van der Waals surface area (Å²) in [7, 11) is -4.77. The summed E-state index contributed by atoms with van der Waals surface area (Å²) in [4.78, 5) is 48.9. The van der Waals surface area contributed by atoms with Crippen molar-refractivity contribution in [3.63, 3.8) is 0 Å². The lowest BCUT2D eigenvalue weighted by molar-refractivity contribution is -0.161. The minimum absolute atomic E-state index is 0.126. The van der Waals surface area contributed by atoms with E-state index in [0.717, 1.165) is 103 Å². The van der Waals surface area contributed by atoms with Crippen LogP contribution >= 0.6 is 7.82 Å². The van der Waals surface area contributed by atoms with Crippen molar-refractivity contribution in [1.29, 1.82) is 0 Å². The molecule has 0 bridgehead atoms. The van der Waals surface area contributed by atoms with Crippen molar-refractivity contribution in [1.82, 2.24) is 0 Å². The van der Waals surface area contributed by atoms with E-state index in [2.05, 4.69) is 106 Å². The maximum atomic E-state index is 13.0. The standard InChI is InChI=1S/C72H127O11P/c1-4-7-10-13-16-19-22-25-28-31-34-37-40-43-46-49-52-55-58-61-70(74)79-65-69(83-72(76)63-60-57-54-51-48-45-42-39-36-33-30-27-24-21-18-15-12-9-6-3)67-81-84(77,78)80-66-68(64-73)82-71(75)62-59-56-53-50-47-44-41-38-35-32-29-26-23-20-17-14-11-8-5-2/h9,12,16,18-19,21,25,27-28,30,36,39,45,48,68-69,73H,4-8,10-11,13-15,17,20,22-24,26,29,31-35,37-38,40-44,46-47,49-67H2,1-3H3,(H,77,78)/b12-9-,19-16-,21-18-,28-25-,30-27-,39-36-,48-45-. The summed E-state index contributed by atoms with van der Waals surface area (Å²) in [6.45, 7) is 4.53. The van der Waals surface area contributed by atoms with Crippen LogP contribution in [0.15, 0.2) is 85.1 Å². The Hall–Kier alpha value is -3.34. The van der Waals surface area contributed by atoms with Crippen LogP contribution in [0.4, 0.5) is 0 Å². The fraction of sp³-hybridized carbons (Fsp3) is 0.764. The van der Waals surface area contributed by atoms with E-state index in [4.69, 9.17) is 23.3 Å². The smallest absolute Gasteiger partial charge is 0.462 e. The van der Waals surface area contributed by atoms with Gasteiger partial charge in [-0.05, 0) is 96.3 Å². The van der Waals surface area contributed by atoms with Gasteiger partial charge < -0.3 is 24.2 Å². The lowest BCUT2D eigenvalue weighted by atomic mass is 10.0. The number of ether oxygens (including phenoxy) is 3. The summed E-state index contributed by atoms with van der Waals surface area (Å²) >= 11 is 0. The van der Waals surface area contributed by atoms with Gasteiger partial charge in [-0.2, -0.15) is 0 Å². The molecule has 0 aliphatic carbocycles. The van der Waals surface area contributed by atoms with Crippen LogP contribution in [0.1, 0.15) is 316 Å². The summed E-state index contributed by atoms with van der Waals surface area (Å²) in [6.07, 6.45) is 78.2. The Kier molecular flexibility index (Phi) is 63.0. The van der Waals surface area contributed by atoms with Gasteiger partial charge in [-0.15, -0.1) is 0 Å². The van der Waals surface area contributed by atoms with Crippen LogP contribution in [-0.2, 0) is 42.2 Å². The fourth-order valence-corrected chi connectivity index (χ4v) is 10.4. The number of aliphatic hydroxyl groups is 1. The predicted molar refractivity (Wildman–Crippen MR) is 353 cm³/mol. The third kappa shape index (κ3) is 63.2. The summed E-state index contributed by atoms with van der Waals surface area (Å²) in [5.74, 6) is -1.49. The number of carbonyl (C=O) groups is 3. The third-order valence-electron chi connectivity index (χ3n) is 14.8. The Morgan fingerprint density at radius 3 is 0.988 bits per heavy atom. The molecular formula is C72H127O11P. The third-order valence-corrected chi connectivity index (χ3v) is 15.8. The van der Waals surface area contributed by atoms with Crippen molar-refractivity contribution in [2.75, 3.05) is 26.4 Å². The summed E-state index contributed by atoms with van der Waals surface area (Å²) in [5.41, 5.74) is 0. The second-order valence-corrected chi connectivity index (χ2v) is 24.4. The van der Waals surface area contributed by atoms with Crippen LogP contribution in [0, 0.1) is 0 Å². The zero-order valence-corrected chi connectivity index (χ0v) is 55.0. The van der Waals surface area contributed by atoms with Gasteiger partial charge in [0.1, 0.15) is 12.7 Å². The molecule has 12 heteroatoms. The van der Waals surface area contributed by atoms with Gasteiger partial charge in [0.15, 0.2) is 6.10 Å². The largest absolute Gasteiger partial charge is 0.472 e. The van der Waals surface area contributed by atoms with Gasteiger partial charge in [-0.3, -0.25) is 23.4 Å². The Balaban J connectivity index is 4.71. The first kappa shape index (κ1) is 80.7. The van der Waals surface area contributed by atoms with E-state index in [1.807, 2.05) is 0 Å². The topological polar surface area (TPSA) is 155 Å². The van der Waals surface area contributed by atoms with Gasteiger partial charge in [0, 0.05) is 19.3 Å². The van der Waals surface area contributed by atoms with E-state index in [-0.39, 0.29) is 25.9 Å². The molecule has 0 radical (unpaired) electrons. The number of unbranched alkanes of at least 4 members (excludes halogenated alkanes) is 33. The Morgan fingerprint density at radius 1 is 0.345 bits per heavy atom. The molecule has 0 aliphatic rings. The Bertz CT molecular complexity index is 1730. The summed E-state index contributed by atoms with van der Waals surface area (Å²) < 4.78 is 39.8. The van der Waals surface area contributed by atoms with E-state index >= 15 is 0 Å². The Morgan fingerprint density at radius 2 is 0.619 bits per heavy atom. The van der Waals surface area contributed by atoms with Gasteiger partial charge >= 0.3 is 25.7 Å². The van der Waals surface area contributed by atoms with Crippen molar-refractivity contribution in [3.05, 3.63) is 85.1 Å². The number of phosphoric acid groups is 1. The second-order valence-electron chi connectivity index (χ2n) is 23.0. The molecule has 0 amide bonds. The molecule has 0 aromatic carbocycles. The first-order chi connectivity index (χ1) is 41.2. The fourth-order valence-electron chi connectivity index (χ4n) is 9.59. The first-order valence-corrected chi connectivity index (χ1v) is 36.0. The molecule has 84 heavy (non-hydrogen) atoms.